The highest BCUT2D eigenvalue weighted by Gasteiger charge is 2.18. The Morgan fingerprint density at radius 3 is 2.50 bits per heavy atom. The average Bonchev–Trinajstić information content (AvgIpc) is 2.48. The van der Waals surface area contributed by atoms with E-state index in [0.717, 1.165) is 5.56 Å². The summed E-state index contributed by atoms with van der Waals surface area (Å²) in [6, 6.07) is 11.7. The smallest absolute Gasteiger partial charge is 0.305 e. The van der Waals surface area contributed by atoms with E-state index in [2.05, 4.69) is 10.3 Å². The van der Waals surface area contributed by atoms with E-state index in [1.165, 1.54) is 6.20 Å². The summed E-state index contributed by atoms with van der Waals surface area (Å²) in [4.78, 5) is 26.9. The molecule has 0 radical (unpaired) electrons. The number of pyridine rings is 1. The van der Waals surface area contributed by atoms with Gasteiger partial charge in [0, 0.05) is 12.4 Å². The second-order valence-corrected chi connectivity index (χ2v) is 4.28. The number of rotatable bonds is 5. The van der Waals surface area contributed by atoms with Crippen LogP contribution in [0, 0.1) is 0 Å². The van der Waals surface area contributed by atoms with E-state index in [9.17, 15) is 9.59 Å². The lowest BCUT2D eigenvalue weighted by molar-refractivity contribution is -0.137. The van der Waals surface area contributed by atoms with Crippen LogP contribution in [-0.4, -0.2) is 22.0 Å². The molecule has 0 aliphatic carbocycles. The van der Waals surface area contributed by atoms with Gasteiger partial charge in [-0.05, 0) is 17.7 Å². The van der Waals surface area contributed by atoms with Crippen LogP contribution in [0.4, 0.5) is 0 Å². The number of aromatic nitrogens is 1. The number of nitrogens with one attached hydrogen (secondary N) is 1. The van der Waals surface area contributed by atoms with Crippen LogP contribution < -0.4 is 5.32 Å². The zero-order valence-corrected chi connectivity index (χ0v) is 10.7. The Balaban J connectivity index is 2.16. The number of benzene rings is 1. The van der Waals surface area contributed by atoms with Crippen molar-refractivity contribution in [1.82, 2.24) is 10.3 Å². The summed E-state index contributed by atoms with van der Waals surface area (Å²) in [6.45, 7) is 0. The normalized spacial score (nSPS) is 11.6. The number of carbonyl (C=O) groups excluding carboxylic acids is 1. The third kappa shape index (κ3) is 3.65. The summed E-state index contributed by atoms with van der Waals surface area (Å²) in [5.74, 6) is -1.31. The van der Waals surface area contributed by atoms with Gasteiger partial charge in [-0.15, -0.1) is 0 Å². The topological polar surface area (TPSA) is 79.3 Å². The van der Waals surface area contributed by atoms with Gasteiger partial charge in [-0.25, -0.2) is 0 Å². The Hall–Kier alpha value is -2.69. The van der Waals surface area contributed by atoms with Crippen LogP contribution in [0.3, 0.4) is 0 Å². The Bertz CT molecular complexity index is 585. The van der Waals surface area contributed by atoms with E-state index in [-0.39, 0.29) is 12.3 Å². The molecule has 0 saturated heterocycles. The number of carboxylic acids is 1. The van der Waals surface area contributed by atoms with Crippen LogP contribution in [0.25, 0.3) is 0 Å². The molecule has 0 bridgehead atoms. The SMILES string of the molecule is O=C(O)CC(NC(=O)c1cccnc1)c1ccccc1. The summed E-state index contributed by atoms with van der Waals surface area (Å²) >= 11 is 0. The fraction of sp³-hybridized carbons (Fsp3) is 0.133. The monoisotopic (exact) mass is 270 g/mol. The molecule has 2 aromatic rings. The van der Waals surface area contributed by atoms with Crippen LogP contribution >= 0.6 is 0 Å². The molecular weight excluding hydrogens is 256 g/mol. The molecule has 0 aliphatic rings. The molecule has 1 heterocycles. The van der Waals surface area contributed by atoms with Gasteiger partial charge >= 0.3 is 5.97 Å². The molecule has 20 heavy (non-hydrogen) atoms. The van der Waals surface area contributed by atoms with Crippen molar-refractivity contribution in [2.45, 2.75) is 12.5 Å². The molecule has 102 valence electrons. The van der Waals surface area contributed by atoms with Crippen molar-refractivity contribution in [3.63, 3.8) is 0 Å². The minimum absolute atomic E-state index is 0.171. The predicted molar refractivity (Wildman–Crippen MR) is 73.1 cm³/mol. The van der Waals surface area contributed by atoms with Crippen molar-refractivity contribution < 1.29 is 14.7 Å². The number of hydrogen-bond donors (Lipinski definition) is 2. The van der Waals surface area contributed by atoms with Crippen molar-refractivity contribution in [2.24, 2.45) is 0 Å². The van der Waals surface area contributed by atoms with Crippen molar-refractivity contribution in [1.29, 1.82) is 0 Å². The van der Waals surface area contributed by atoms with E-state index in [1.54, 1.807) is 42.6 Å². The molecule has 1 atom stereocenters. The van der Waals surface area contributed by atoms with E-state index in [4.69, 9.17) is 5.11 Å². The molecule has 0 spiro atoms. The van der Waals surface area contributed by atoms with E-state index >= 15 is 0 Å². The molecule has 2 rings (SSSR count). The van der Waals surface area contributed by atoms with Crippen LogP contribution in [0.2, 0.25) is 0 Å². The number of carbonyl (C=O) groups is 2. The van der Waals surface area contributed by atoms with Crippen LogP contribution in [0.5, 0.6) is 0 Å². The minimum Gasteiger partial charge on any atom is -0.481 e. The lowest BCUT2D eigenvalue weighted by atomic mass is 10.0. The molecular formula is C15H14N2O3. The number of carboxylic acid groups (broad SMARTS) is 1. The quantitative estimate of drug-likeness (QED) is 0.871. The first-order chi connectivity index (χ1) is 9.66. The third-order valence-corrected chi connectivity index (χ3v) is 2.81. The third-order valence-electron chi connectivity index (χ3n) is 2.81. The molecule has 0 fully saturated rings. The Labute approximate surface area is 116 Å². The van der Waals surface area contributed by atoms with E-state index < -0.39 is 12.0 Å². The summed E-state index contributed by atoms with van der Waals surface area (Å²) in [7, 11) is 0. The Morgan fingerprint density at radius 2 is 1.90 bits per heavy atom. The van der Waals surface area contributed by atoms with Gasteiger partial charge in [-0.3, -0.25) is 14.6 Å². The van der Waals surface area contributed by atoms with E-state index in [1.807, 2.05) is 6.07 Å². The fourth-order valence-electron chi connectivity index (χ4n) is 1.85. The largest absolute Gasteiger partial charge is 0.481 e. The average molecular weight is 270 g/mol. The highest BCUT2D eigenvalue weighted by atomic mass is 16.4. The summed E-state index contributed by atoms with van der Waals surface area (Å²) in [6.07, 6.45) is 2.84. The lowest BCUT2D eigenvalue weighted by Gasteiger charge is -2.17. The van der Waals surface area contributed by atoms with Crippen molar-refractivity contribution in [2.75, 3.05) is 0 Å². The number of hydrogen-bond acceptors (Lipinski definition) is 3. The van der Waals surface area contributed by atoms with Gasteiger partial charge in [0.2, 0.25) is 0 Å². The molecule has 0 saturated carbocycles. The highest BCUT2D eigenvalue weighted by molar-refractivity contribution is 5.94. The molecule has 0 aliphatic heterocycles. The first-order valence-corrected chi connectivity index (χ1v) is 6.14. The van der Waals surface area contributed by atoms with Gasteiger partial charge in [0.15, 0.2) is 0 Å². The van der Waals surface area contributed by atoms with Gasteiger partial charge < -0.3 is 10.4 Å². The zero-order valence-electron chi connectivity index (χ0n) is 10.7. The van der Waals surface area contributed by atoms with Crippen LogP contribution in [0.1, 0.15) is 28.4 Å². The minimum atomic E-state index is -0.967. The van der Waals surface area contributed by atoms with Gasteiger partial charge in [-0.2, -0.15) is 0 Å². The second kappa shape index (κ2) is 6.47. The lowest BCUT2D eigenvalue weighted by Crippen LogP contribution is -2.30. The molecule has 2 N–H and O–H groups in total. The summed E-state index contributed by atoms with van der Waals surface area (Å²) < 4.78 is 0. The molecule has 5 heteroatoms. The Morgan fingerprint density at radius 1 is 1.15 bits per heavy atom. The van der Waals surface area contributed by atoms with Crippen molar-refractivity contribution in [3.8, 4) is 0 Å². The molecule has 1 unspecified atom stereocenters. The standard InChI is InChI=1S/C15H14N2O3/c18-14(19)9-13(11-5-2-1-3-6-11)17-15(20)12-7-4-8-16-10-12/h1-8,10,13H,9H2,(H,17,20)(H,18,19). The molecule has 1 aromatic carbocycles. The van der Waals surface area contributed by atoms with Gasteiger partial charge in [0.05, 0.1) is 18.0 Å². The maximum absolute atomic E-state index is 12.1. The summed E-state index contributed by atoms with van der Waals surface area (Å²) in [5.41, 5.74) is 1.16. The van der Waals surface area contributed by atoms with Crippen LogP contribution in [-0.2, 0) is 4.79 Å². The maximum Gasteiger partial charge on any atom is 0.305 e. The number of nitrogens with zero attached hydrogens (tertiary/aromatic N) is 1. The number of amides is 1. The van der Waals surface area contributed by atoms with E-state index in [0.29, 0.717) is 5.56 Å². The maximum atomic E-state index is 12.1. The van der Waals surface area contributed by atoms with Crippen LogP contribution in [0.15, 0.2) is 54.9 Å². The first kappa shape index (κ1) is 13.7. The van der Waals surface area contributed by atoms with Crippen molar-refractivity contribution in [3.05, 3.63) is 66.0 Å². The molecule has 1 aromatic heterocycles. The van der Waals surface area contributed by atoms with Gasteiger partial charge in [0.1, 0.15) is 0 Å². The van der Waals surface area contributed by atoms with Gasteiger partial charge in [0.25, 0.3) is 5.91 Å². The molecule has 1 amide bonds. The predicted octanol–water partition coefficient (Wildman–Crippen LogP) is 2.03. The summed E-state index contributed by atoms with van der Waals surface area (Å²) in [5, 5.41) is 11.7. The molecule has 5 nitrogen and oxygen atoms in total. The highest BCUT2D eigenvalue weighted by Crippen LogP contribution is 2.17. The Kier molecular flexibility index (Phi) is 4.44. The number of aliphatic carboxylic acids is 1. The second-order valence-electron chi connectivity index (χ2n) is 4.28. The fourth-order valence-corrected chi connectivity index (χ4v) is 1.85. The van der Waals surface area contributed by atoms with Crippen molar-refractivity contribution >= 4 is 11.9 Å². The first-order valence-electron chi connectivity index (χ1n) is 6.14. The van der Waals surface area contributed by atoms with Gasteiger partial charge in [-0.1, -0.05) is 30.3 Å². The zero-order chi connectivity index (χ0) is 14.4.